The van der Waals surface area contributed by atoms with E-state index < -0.39 is 11.7 Å². The number of hydrogen-bond donors (Lipinski definition) is 0. The van der Waals surface area contributed by atoms with Crippen molar-refractivity contribution in [2.45, 2.75) is 6.18 Å². The number of rotatable bonds is 0. The lowest BCUT2D eigenvalue weighted by molar-refractivity contribution is -0.137. The number of hydrogen-bond acceptors (Lipinski definition) is 3. The van der Waals surface area contributed by atoms with Gasteiger partial charge >= 0.3 is 6.18 Å². The van der Waals surface area contributed by atoms with Crippen LogP contribution in [0.3, 0.4) is 0 Å². The SMILES string of the molecule is FC(F)(F)c1ccc2nc(Cl)n3ncnc3c2c1. The van der Waals surface area contributed by atoms with Gasteiger partial charge in [-0.1, -0.05) is 0 Å². The highest BCUT2D eigenvalue weighted by Crippen LogP contribution is 2.32. The van der Waals surface area contributed by atoms with E-state index in [2.05, 4.69) is 15.1 Å². The molecule has 92 valence electrons. The van der Waals surface area contributed by atoms with E-state index in [1.807, 2.05) is 0 Å². The van der Waals surface area contributed by atoms with Crippen LogP contribution >= 0.6 is 11.6 Å². The Labute approximate surface area is 103 Å². The molecule has 0 aliphatic heterocycles. The zero-order valence-corrected chi connectivity index (χ0v) is 9.37. The summed E-state index contributed by atoms with van der Waals surface area (Å²) in [6.45, 7) is 0. The third-order valence-corrected chi connectivity index (χ3v) is 2.74. The van der Waals surface area contributed by atoms with Crippen molar-refractivity contribution in [3.8, 4) is 0 Å². The van der Waals surface area contributed by atoms with Gasteiger partial charge in [-0.3, -0.25) is 0 Å². The molecule has 0 spiro atoms. The largest absolute Gasteiger partial charge is 0.416 e. The fourth-order valence-electron chi connectivity index (χ4n) is 1.70. The van der Waals surface area contributed by atoms with Crippen molar-refractivity contribution in [3.05, 3.63) is 35.4 Å². The smallest absolute Gasteiger partial charge is 0.218 e. The average molecular weight is 273 g/mol. The maximum atomic E-state index is 12.6. The molecule has 2 heterocycles. The van der Waals surface area contributed by atoms with Gasteiger partial charge < -0.3 is 0 Å². The summed E-state index contributed by atoms with van der Waals surface area (Å²) in [6.07, 6.45) is -3.20. The van der Waals surface area contributed by atoms with Crippen LogP contribution in [0.2, 0.25) is 5.28 Å². The van der Waals surface area contributed by atoms with E-state index in [-0.39, 0.29) is 16.3 Å². The van der Waals surface area contributed by atoms with Gasteiger partial charge in [-0.2, -0.15) is 22.8 Å². The topological polar surface area (TPSA) is 43.1 Å². The van der Waals surface area contributed by atoms with Crippen molar-refractivity contribution in [1.29, 1.82) is 0 Å². The van der Waals surface area contributed by atoms with Crippen LogP contribution in [0.4, 0.5) is 13.2 Å². The summed E-state index contributed by atoms with van der Waals surface area (Å²) < 4.78 is 39.1. The summed E-state index contributed by atoms with van der Waals surface area (Å²) in [5, 5.41) is 4.10. The molecule has 0 fully saturated rings. The van der Waals surface area contributed by atoms with Crippen molar-refractivity contribution in [2.24, 2.45) is 0 Å². The van der Waals surface area contributed by atoms with E-state index in [0.29, 0.717) is 5.52 Å². The van der Waals surface area contributed by atoms with Crippen molar-refractivity contribution in [3.63, 3.8) is 0 Å². The minimum Gasteiger partial charge on any atom is -0.218 e. The highest BCUT2D eigenvalue weighted by atomic mass is 35.5. The Bertz CT molecular complexity index is 750. The second kappa shape index (κ2) is 3.55. The summed E-state index contributed by atoms with van der Waals surface area (Å²) >= 11 is 5.83. The Morgan fingerprint density at radius 1 is 1.22 bits per heavy atom. The van der Waals surface area contributed by atoms with Gasteiger partial charge in [-0.25, -0.2) is 9.97 Å². The minimum atomic E-state index is -4.41. The lowest BCUT2D eigenvalue weighted by Gasteiger charge is -2.08. The predicted molar refractivity (Wildman–Crippen MR) is 58.3 cm³/mol. The molecule has 0 unspecified atom stereocenters. The zero-order chi connectivity index (χ0) is 12.9. The van der Waals surface area contributed by atoms with E-state index in [4.69, 9.17) is 11.6 Å². The van der Waals surface area contributed by atoms with Gasteiger partial charge in [0.2, 0.25) is 5.28 Å². The van der Waals surface area contributed by atoms with Crippen LogP contribution in [0, 0.1) is 0 Å². The summed E-state index contributed by atoms with van der Waals surface area (Å²) in [6, 6.07) is 3.21. The number of nitrogens with zero attached hydrogens (tertiary/aromatic N) is 4. The Hall–Kier alpha value is -1.89. The molecule has 0 amide bonds. The molecule has 18 heavy (non-hydrogen) atoms. The Morgan fingerprint density at radius 3 is 2.72 bits per heavy atom. The Kier molecular flexibility index (Phi) is 2.21. The van der Waals surface area contributed by atoms with E-state index in [0.717, 1.165) is 12.1 Å². The predicted octanol–water partition coefficient (Wildman–Crippen LogP) is 2.95. The number of alkyl halides is 3. The lowest BCUT2D eigenvalue weighted by atomic mass is 10.1. The van der Waals surface area contributed by atoms with E-state index in [1.165, 1.54) is 16.9 Å². The van der Waals surface area contributed by atoms with Crippen molar-refractivity contribution >= 4 is 28.2 Å². The first-order chi connectivity index (χ1) is 8.47. The first kappa shape index (κ1) is 11.2. The van der Waals surface area contributed by atoms with Crippen LogP contribution in [-0.4, -0.2) is 19.6 Å². The molecule has 0 saturated carbocycles. The molecule has 0 atom stereocenters. The monoisotopic (exact) mass is 272 g/mol. The van der Waals surface area contributed by atoms with Crippen molar-refractivity contribution in [2.75, 3.05) is 0 Å². The third kappa shape index (κ3) is 1.59. The molecular weight excluding hydrogens is 269 g/mol. The molecular formula is C10H4ClF3N4. The molecule has 0 N–H and O–H groups in total. The second-order valence-electron chi connectivity index (χ2n) is 3.61. The molecule has 1 aromatic carbocycles. The highest BCUT2D eigenvalue weighted by molar-refractivity contribution is 6.29. The van der Waals surface area contributed by atoms with Gasteiger partial charge in [-0.15, -0.1) is 0 Å². The molecule has 4 nitrogen and oxygen atoms in total. The fraction of sp³-hybridized carbons (Fsp3) is 0.100. The summed E-state index contributed by atoms with van der Waals surface area (Å²) in [5.74, 6) is 0. The molecule has 8 heteroatoms. The molecule has 0 saturated heterocycles. The summed E-state index contributed by atoms with van der Waals surface area (Å²) in [5.41, 5.74) is -0.173. The Balaban J connectivity index is 2.42. The van der Waals surface area contributed by atoms with E-state index in [9.17, 15) is 13.2 Å². The number of benzene rings is 1. The van der Waals surface area contributed by atoms with Crippen molar-refractivity contribution in [1.82, 2.24) is 19.6 Å². The van der Waals surface area contributed by atoms with Crippen LogP contribution in [0.5, 0.6) is 0 Å². The Morgan fingerprint density at radius 2 is 2.00 bits per heavy atom. The van der Waals surface area contributed by atoms with Gasteiger partial charge in [0.1, 0.15) is 6.33 Å². The third-order valence-electron chi connectivity index (χ3n) is 2.50. The lowest BCUT2D eigenvalue weighted by Crippen LogP contribution is -2.05. The normalized spacial score (nSPS) is 12.4. The maximum Gasteiger partial charge on any atom is 0.416 e. The van der Waals surface area contributed by atoms with E-state index >= 15 is 0 Å². The van der Waals surface area contributed by atoms with Crippen LogP contribution < -0.4 is 0 Å². The van der Waals surface area contributed by atoms with Gasteiger partial charge in [0.05, 0.1) is 11.1 Å². The standard InChI is InChI=1S/C10H4ClF3N4/c11-9-17-7-2-1-5(10(12,13)14)3-6(7)8-15-4-16-18(8)9/h1-4H. The molecule has 0 aliphatic carbocycles. The maximum absolute atomic E-state index is 12.6. The number of fused-ring (bicyclic) bond motifs is 3. The summed E-state index contributed by atoms with van der Waals surface area (Å²) in [4.78, 5) is 7.85. The van der Waals surface area contributed by atoms with Crippen molar-refractivity contribution < 1.29 is 13.2 Å². The number of halogens is 4. The van der Waals surface area contributed by atoms with Gasteiger partial charge in [0.15, 0.2) is 5.65 Å². The quantitative estimate of drug-likeness (QED) is 0.591. The minimum absolute atomic E-state index is 0.0507. The number of aromatic nitrogens is 4. The molecule has 3 rings (SSSR count). The van der Waals surface area contributed by atoms with E-state index in [1.54, 1.807) is 0 Å². The van der Waals surface area contributed by atoms with Gasteiger partial charge in [0.25, 0.3) is 0 Å². The summed E-state index contributed by atoms with van der Waals surface area (Å²) in [7, 11) is 0. The first-order valence-corrected chi connectivity index (χ1v) is 5.21. The molecule has 2 aromatic heterocycles. The van der Waals surface area contributed by atoms with Crippen LogP contribution in [0.1, 0.15) is 5.56 Å². The first-order valence-electron chi connectivity index (χ1n) is 4.83. The molecule has 0 radical (unpaired) electrons. The molecule has 0 aliphatic rings. The molecule has 0 bridgehead atoms. The van der Waals surface area contributed by atoms with Crippen LogP contribution in [0.15, 0.2) is 24.5 Å². The van der Waals surface area contributed by atoms with Crippen LogP contribution in [-0.2, 0) is 6.18 Å². The molecule has 3 aromatic rings. The van der Waals surface area contributed by atoms with Gasteiger partial charge in [-0.05, 0) is 29.8 Å². The highest BCUT2D eigenvalue weighted by Gasteiger charge is 2.30. The zero-order valence-electron chi connectivity index (χ0n) is 8.61. The fourth-order valence-corrected chi connectivity index (χ4v) is 1.91. The average Bonchev–Trinajstić information content (AvgIpc) is 2.77. The van der Waals surface area contributed by atoms with Gasteiger partial charge in [0, 0.05) is 5.39 Å². The second-order valence-corrected chi connectivity index (χ2v) is 3.94. The van der Waals surface area contributed by atoms with Crippen LogP contribution in [0.25, 0.3) is 16.6 Å².